The lowest BCUT2D eigenvalue weighted by molar-refractivity contribution is -0.113. The van der Waals surface area contributed by atoms with Gasteiger partial charge in [0, 0.05) is 5.69 Å². The van der Waals surface area contributed by atoms with Crippen LogP contribution in [0.1, 0.15) is 22.5 Å². The van der Waals surface area contributed by atoms with E-state index in [0.717, 1.165) is 33.9 Å². The van der Waals surface area contributed by atoms with Crippen LogP contribution in [-0.4, -0.2) is 26.4 Å². The van der Waals surface area contributed by atoms with Gasteiger partial charge in [0.25, 0.3) is 0 Å². The number of hydrogen-bond acceptors (Lipinski definition) is 4. The molecule has 0 aliphatic rings. The van der Waals surface area contributed by atoms with Gasteiger partial charge in [0.2, 0.25) is 5.91 Å². The zero-order valence-electron chi connectivity index (χ0n) is 15.4. The van der Waals surface area contributed by atoms with E-state index in [9.17, 15) is 4.79 Å². The summed E-state index contributed by atoms with van der Waals surface area (Å²) in [5.41, 5.74) is 5.19. The molecule has 0 radical (unpaired) electrons. The smallest absolute Gasteiger partial charge is 0.234 e. The van der Waals surface area contributed by atoms with E-state index in [-0.39, 0.29) is 11.7 Å². The average Bonchev–Trinajstić information content (AvgIpc) is 2.97. The van der Waals surface area contributed by atoms with Gasteiger partial charge in [-0.05, 0) is 56.5 Å². The molecule has 2 aromatic carbocycles. The first-order valence-electron chi connectivity index (χ1n) is 8.43. The van der Waals surface area contributed by atoms with Crippen molar-refractivity contribution >= 4 is 23.4 Å². The molecule has 3 rings (SSSR count). The molecule has 1 N–H and O–H groups in total. The summed E-state index contributed by atoms with van der Waals surface area (Å²) < 4.78 is 1.99. The zero-order chi connectivity index (χ0) is 18.7. The SMILES string of the molecule is Cc1ccc(C)c(NC(=O)CSc2nnc(C)n2-c2ccccc2C)c1. The third-order valence-corrected chi connectivity index (χ3v) is 5.08. The highest BCUT2D eigenvalue weighted by molar-refractivity contribution is 7.99. The van der Waals surface area contributed by atoms with E-state index in [2.05, 4.69) is 28.5 Å². The number of rotatable bonds is 5. The van der Waals surface area contributed by atoms with Gasteiger partial charge < -0.3 is 5.32 Å². The lowest BCUT2D eigenvalue weighted by Crippen LogP contribution is -2.15. The maximum atomic E-state index is 12.4. The molecule has 0 fully saturated rings. The molecule has 6 heteroatoms. The molecule has 3 aromatic rings. The van der Waals surface area contributed by atoms with Gasteiger partial charge in [-0.3, -0.25) is 9.36 Å². The molecule has 5 nitrogen and oxygen atoms in total. The minimum Gasteiger partial charge on any atom is -0.325 e. The lowest BCUT2D eigenvalue weighted by atomic mass is 10.1. The fourth-order valence-electron chi connectivity index (χ4n) is 2.71. The number of carbonyl (C=O) groups is 1. The van der Waals surface area contributed by atoms with Crippen molar-refractivity contribution in [1.82, 2.24) is 14.8 Å². The third kappa shape index (κ3) is 3.96. The minimum atomic E-state index is -0.0549. The van der Waals surface area contributed by atoms with E-state index < -0.39 is 0 Å². The zero-order valence-corrected chi connectivity index (χ0v) is 16.2. The molecule has 0 saturated carbocycles. The van der Waals surface area contributed by atoms with Gasteiger partial charge in [0.05, 0.1) is 11.4 Å². The predicted octanol–water partition coefficient (Wildman–Crippen LogP) is 4.23. The molecular formula is C20H22N4OS. The fourth-order valence-corrected chi connectivity index (χ4v) is 3.51. The second kappa shape index (κ2) is 7.74. The van der Waals surface area contributed by atoms with Crippen molar-refractivity contribution in [3.8, 4) is 5.69 Å². The summed E-state index contributed by atoms with van der Waals surface area (Å²) in [7, 11) is 0. The maximum absolute atomic E-state index is 12.4. The van der Waals surface area contributed by atoms with Crippen LogP contribution >= 0.6 is 11.8 Å². The van der Waals surface area contributed by atoms with Crippen LogP contribution in [0.5, 0.6) is 0 Å². The summed E-state index contributed by atoms with van der Waals surface area (Å²) in [6, 6.07) is 14.1. The van der Waals surface area contributed by atoms with Gasteiger partial charge in [0.15, 0.2) is 5.16 Å². The number of carbonyl (C=O) groups excluding carboxylic acids is 1. The Balaban J connectivity index is 1.74. The molecule has 0 atom stereocenters. The Morgan fingerprint density at radius 1 is 1.04 bits per heavy atom. The Morgan fingerprint density at radius 2 is 1.81 bits per heavy atom. The number of para-hydroxylation sites is 1. The van der Waals surface area contributed by atoms with E-state index >= 15 is 0 Å². The van der Waals surface area contributed by atoms with Crippen molar-refractivity contribution in [1.29, 1.82) is 0 Å². The summed E-state index contributed by atoms with van der Waals surface area (Å²) in [4.78, 5) is 12.4. The molecule has 0 aliphatic heterocycles. The van der Waals surface area contributed by atoms with Crippen LogP contribution in [0.15, 0.2) is 47.6 Å². The fraction of sp³-hybridized carbons (Fsp3) is 0.250. The van der Waals surface area contributed by atoms with E-state index in [1.54, 1.807) is 0 Å². The van der Waals surface area contributed by atoms with Gasteiger partial charge in [0.1, 0.15) is 5.82 Å². The van der Waals surface area contributed by atoms with Crippen LogP contribution in [0, 0.1) is 27.7 Å². The van der Waals surface area contributed by atoms with Crippen LogP contribution in [0.25, 0.3) is 5.69 Å². The lowest BCUT2D eigenvalue weighted by Gasteiger charge is -2.12. The first-order chi connectivity index (χ1) is 12.5. The van der Waals surface area contributed by atoms with Crippen molar-refractivity contribution in [3.05, 3.63) is 65.0 Å². The number of nitrogens with zero attached hydrogens (tertiary/aromatic N) is 3. The highest BCUT2D eigenvalue weighted by Crippen LogP contribution is 2.24. The number of hydrogen-bond donors (Lipinski definition) is 1. The van der Waals surface area contributed by atoms with Gasteiger partial charge in [-0.2, -0.15) is 0 Å². The van der Waals surface area contributed by atoms with Crippen molar-refractivity contribution in [2.75, 3.05) is 11.1 Å². The van der Waals surface area contributed by atoms with Crippen molar-refractivity contribution in [2.24, 2.45) is 0 Å². The topological polar surface area (TPSA) is 59.8 Å². The van der Waals surface area contributed by atoms with E-state index in [4.69, 9.17) is 0 Å². The molecule has 1 aromatic heterocycles. The maximum Gasteiger partial charge on any atom is 0.234 e. The monoisotopic (exact) mass is 366 g/mol. The second-order valence-electron chi connectivity index (χ2n) is 6.31. The van der Waals surface area contributed by atoms with Gasteiger partial charge >= 0.3 is 0 Å². The van der Waals surface area contributed by atoms with Gasteiger partial charge in [-0.25, -0.2) is 0 Å². The number of aromatic nitrogens is 3. The molecule has 0 bridgehead atoms. The Hall–Kier alpha value is -2.60. The molecule has 0 unspecified atom stereocenters. The standard InChI is InChI=1S/C20H22N4OS/c1-13-9-10-14(2)17(11-13)21-19(25)12-26-20-23-22-16(4)24(20)18-8-6-5-7-15(18)3/h5-11H,12H2,1-4H3,(H,21,25). The molecule has 1 amide bonds. The Labute approximate surface area is 157 Å². The highest BCUT2D eigenvalue weighted by atomic mass is 32.2. The van der Waals surface area contributed by atoms with Crippen LogP contribution < -0.4 is 5.32 Å². The Morgan fingerprint density at radius 3 is 2.58 bits per heavy atom. The van der Waals surface area contributed by atoms with Crippen molar-refractivity contribution < 1.29 is 4.79 Å². The predicted molar refractivity (Wildman–Crippen MR) is 106 cm³/mol. The largest absolute Gasteiger partial charge is 0.325 e. The van der Waals surface area contributed by atoms with Crippen LogP contribution in [0.3, 0.4) is 0 Å². The molecular weight excluding hydrogens is 344 g/mol. The number of anilines is 1. The molecule has 1 heterocycles. The molecule has 0 aliphatic carbocycles. The van der Waals surface area contributed by atoms with Gasteiger partial charge in [-0.1, -0.05) is 42.1 Å². The van der Waals surface area contributed by atoms with Crippen molar-refractivity contribution in [2.45, 2.75) is 32.9 Å². The van der Waals surface area contributed by atoms with E-state index in [0.29, 0.717) is 5.16 Å². The summed E-state index contributed by atoms with van der Waals surface area (Å²) in [5.74, 6) is 1.02. The third-order valence-electron chi connectivity index (χ3n) is 4.15. The summed E-state index contributed by atoms with van der Waals surface area (Å²) in [5, 5.41) is 12.1. The van der Waals surface area contributed by atoms with Crippen molar-refractivity contribution in [3.63, 3.8) is 0 Å². The Bertz CT molecular complexity index is 949. The van der Waals surface area contributed by atoms with E-state index in [1.807, 2.05) is 61.7 Å². The number of thioether (sulfide) groups is 1. The highest BCUT2D eigenvalue weighted by Gasteiger charge is 2.15. The van der Waals surface area contributed by atoms with Gasteiger partial charge in [-0.15, -0.1) is 10.2 Å². The van der Waals surface area contributed by atoms with Crippen LogP contribution in [0.2, 0.25) is 0 Å². The summed E-state index contributed by atoms with van der Waals surface area (Å²) in [6.07, 6.45) is 0. The summed E-state index contributed by atoms with van der Waals surface area (Å²) >= 11 is 1.39. The first-order valence-corrected chi connectivity index (χ1v) is 9.42. The Kier molecular flexibility index (Phi) is 5.42. The number of amides is 1. The molecule has 26 heavy (non-hydrogen) atoms. The van der Waals surface area contributed by atoms with E-state index in [1.165, 1.54) is 11.8 Å². The molecule has 0 saturated heterocycles. The molecule has 0 spiro atoms. The van der Waals surface area contributed by atoms with Crippen LogP contribution in [0.4, 0.5) is 5.69 Å². The normalized spacial score (nSPS) is 10.8. The van der Waals surface area contributed by atoms with Crippen LogP contribution in [-0.2, 0) is 4.79 Å². The second-order valence-corrected chi connectivity index (χ2v) is 7.25. The summed E-state index contributed by atoms with van der Waals surface area (Å²) in [6.45, 7) is 7.97. The molecule has 134 valence electrons. The average molecular weight is 366 g/mol. The first kappa shape index (κ1) is 18.2. The number of aryl methyl sites for hydroxylation is 4. The minimum absolute atomic E-state index is 0.0549. The quantitative estimate of drug-likeness (QED) is 0.687. The number of nitrogens with one attached hydrogen (secondary N) is 1. The number of benzene rings is 2.